The standard InChI is InChI=1S/C16H14BrClN2O4/c1-2-24-14-6-9(5-12(18)15(14)22)8-19-20-16(23)11-7-10(17)3-4-13(11)21/h3-8,21-22H,2H2,1H3,(H,20,23)/b19-8+. The van der Waals surface area contributed by atoms with Crippen molar-refractivity contribution < 1.29 is 19.7 Å². The smallest absolute Gasteiger partial charge is 0.275 e. The van der Waals surface area contributed by atoms with Crippen LogP contribution in [0.15, 0.2) is 39.9 Å². The van der Waals surface area contributed by atoms with Gasteiger partial charge in [-0.05, 0) is 42.8 Å². The lowest BCUT2D eigenvalue weighted by molar-refractivity contribution is 0.0952. The van der Waals surface area contributed by atoms with Crippen LogP contribution in [0.4, 0.5) is 0 Å². The second-order valence-electron chi connectivity index (χ2n) is 4.64. The number of hydrogen-bond acceptors (Lipinski definition) is 5. The summed E-state index contributed by atoms with van der Waals surface area (Å²) in [5.74, 6) is -0.654. The van der Waals surface area contributed by atoms with Gasteiger partial charge in [-0.3, -0.25) is 4.79 Å². The summed E-state index contributed by atoms with van der Waals surface area (Å²) >= 11 is 9.14. The molecule has 24 heavy (non-hydrogen) atoms. The van der Waals surface area contributed by atoms with Crippen molar-refractivity contribution in [2.75, 3.05) is 6.61 Å². The Morgan fingerprint density at radius 1 is 1.38 bits per heavy atom. The van der Waals surface area contributed by atoms with Crippen LogP contribution in [0.3, 0.4) is 0 Å². The Morgan fingerprint density at radius 3 is 2.83 bits per heavy atom. The average molecular weight is 414 g/mol. The maximum atomic E-state index is 12.0. The lowest BCUT2D eigenvalue weighted by Gasteiger charge is -2.08. The van der Waals surface area contributed by atoms with E-state index in [1.165, 1.54) is 30.5 Å². The molecule has 2 aromatic carbocycles. The third kappa shape index (κ3) is 4.39. The highest BCUT2D eigenvalue weighted by molar-refractivity contribution is 9.10. The summed E-state index contributed by atoms with van der Waals surface area (Å²) in [7, 11) is 0. The molecule has 0 unspecified atom stereocenters. The molecule has 2 aromatic rings. The van der Waals surface area contributed by atoms with Crippen LogP contribution >= 0.6 is 27.5 Å². The van der Waals surface area contributed by atoms with E-state index in [9.17, 15) is 15.0 Å². The highest BCUT2D eigenvalue weighted by Crippen LogP contribution is 2.34. The zero-order chi connectivity index (χ0) is 17.7. The minimum atomic E-state index is -0.569. The van der Waals surface area contributed by atoms with Crippen LogP contribution in [0.25, 0.3) is 0 Å². The second-order valence-corrected chi connectivity index (χ2v) is 5.97. The SMILES string of the molecule is CCOc1cc(/C=N/NC(=O)c2cc(Br)ccc2O)cc(Cl)c1O. The number of nitrogens with zero attached hydrogens (tertiary/aromatic N) is 1. The van der Waals surface area contributed by atoms with Gasteiger partial charge in [0.25, 0.3) is 5.91 Å². The minimum absolute atomic E-state index is 0.0836. The van der Waals surface area contributed by atoms with E-state index in [-0.39, 0.29) is 27.8 Å². The summed E-state index contributed by atoms with van der Waals surface area (Å²) in [6.07, 6.45) is 1.35. The van der Waals surface area contributed by atoms with Crippen molar-refractivity contribution in [3.05, 3.63) is 51.0 Å². The van der Waals surface area contributed by atoms with E-state index in [0.29, 0.717) is 16.6 Å². The number of amides is 1. The first-order valence-electron chi connectivity index (χ1n) is 6.89. The van der Waals surface area contributed by atoms with Crippen molar-refractivity contribution in [2.45, 2.75) is 6.92 Å². The van der Waals surface area contributed by atoms with E-state index in [4.69, 9.17) is 16.3 Å². The lowest BCUT2D eigenvalue weighted by atomic mass is 10.2. The molecule has 0 atom stereocenters. The van der Waals surface area contributed by atoms with Gasteiger partial charge in [0.05, 0.1) is 23.4 Å². The van der Waals surface area contributed by atoms with Crippen LogP contribution in [0, 0.1) is 0 Å². The number of nitrogens with one attached hydrogen (secondary N) is 1. The predicted octanol–water partition coefficient (Wildman–Crippen LogP) is 3.68. The maximum Gasteiger partial charge on any atom is 0.275 e. The average Bonchev–Trinajstić information content (AvgIpc) is 2.54. The molecule has 126 valence electrons. The predicted molar refractivity (Wildman–Crippen MR) is 95.2 cm³/mol. The Hall–Kier alpha value is -2.25. The Kier molecular flexibility index (Phi) is 6.05. The molecule has 8 heteroatoms. The van der Waals surface area contributed by atoms with E-state index in [1.807, 2.05) is 0 Å². The van der Waals surface area contributed by atoms with Gasteiger partial charge in [-0.25, -0.2) is 5.43 Å². The molecule has 0 aliphatic heterocycles. The van der Waals surface area contributed by atoms with Crippen molar-refractivity contribution in [1.82, 2.24) is 5.43 Å². The van der Waals surface area contributed by atoms with Gasteiger partial charge in [0, 0.05) is 4.47 Å². The first-order chi connectivity index (χ1) is 11.4. The number of carbonyl (C=O) groups is 1. The molecule has 0 fully saturated rings. The Morgan fingerprint density at radius 2 is 2.12 bits per heavy atom. The molecule has 0 aliphatic rings. The maximum absolute atomic E-state index is 12.0. The summed E-state index contributed by atoms with van der Waals surface area (Å²) in [6.45, 7) is 2.14. The van der Waals surface area contributed by atoms with Gasteiger partial charge in [0.15, 0.2) is 11.5 Å². The van der Waals surface area contributed by atoms with Crippen molar-refractivity contribution in [3.63, 3.8) is 0 Å². The molecule has 0 saturated carbocycles. The molecule has 3 N–H and O–H groups in total. The molecule has 0 saturated heterocycles. The fourth-order valence-electron chi connectivity index (χ4n) is 1.85. The topological polar surface area (TPSA) is 91.2 Å². The van der Waals surface area contributed by atoms with Crippen LogP contribution < -0.4 is 10.2 Å². The first kappa shape index (κ1) is 18.1. The molecule has 0 aromatic heterocycles. The number of halogens is 2. The zero-order valence-corrected chi connectivity index (χ0v) is 14.9. The van der Waals surface area contributed by atoms with E-state index in [0.717, 1.165) is 0 Å². The van der Waals surface area contributed by atoms with E-state index in [1.54, 1.807) is 13.0 Å². The Labute approximate surface area is 151 Å². The van der Waals surface area contributed by atoms with Crippen molar-refractivity contribution in [1.29, 1.82) is 0 Å². The molecule has 0 aliphatic carbocycles. The summed E-state index contributed by atoms with van der Waals surface area (Å²) in [5, 5.41) is 23.4. The van der Waals surface area contributed by atoms with Gasteiger partial charge >= 0.3 is 0 Å². The number of carbonyl (C=O) groups excluding carboxylic acids is 1. The normalized spacial score (nSPS) is 10.8. The molecule has 6 nitrogen and oxygen atoms in total. The van der Waals surface area contributed by atoms with Crippen LogP contribution in [-0.4, -0.2) is 28.9 Å². The molecular formula is C16H14BrClN2O4. The third-order valence-electron chi connectivity index (χ3n) is 2.93. The summed E-state index contributed by atoms with van der Waals surface area (Å²) in [4.78, 5) is 12.0. The third-order valence-corrected chi connectivity index (χ3v) is 3.71. The Balaban J connectivity index is 2.14. The van der Waals surface area contributed by atoms with Crippen LogP contribution in [-0.2, 0) is 0 Å². The highest BCUT2D eigenvalue weighted by Gasteiger charge is 2.11. The number of phenolic OH excluding ortho intramolecular Hbond substituents is 2. The van der Waals surface area contributed by atoms with E-state index < -0.39 is 5.91 Å². The molecular weight excluding hydrogens is 400 g/mol. The van der Waals surface area contributed by atoms with Crippen molar-refractivity contribution in [3.8, 4) is 17.2 Å². The Bertz CT molecular complexity index is 796. The summed E-state index contributed by atoms with van der Waals surface area (Å²) in [6, 6.07) is 7.51. The molecule has 0 radical (unpaired) electrons. The van der Waals surface area contributed by atoms with E-state index in [2.05, 4.69) is 26.5 Å². The van der Waals surface area contributed by atoms with E-state index >= 15 is 0 Å². The minimum Gasteiger partial charge on any atom is -0.507 e. The monoisotopic (exact) mass is 412 g/mol. The van der Waals surface area contributed by atoms with Gasteiger partial charge in [0.2, 0.25) is 0 Å². The number of aromatic hydroxyl groups is 2. The van der Waals surface area contributed by atoms with Crippen LogP contribution in [0.1, 0.15) is 22.8 Å². The quantitative estimate of drug-likeness (QED) is 0.515. The second kappa shape index (κ2) is 8.03. The summed E-state index contributed by atoms with van der Waals surface area (Å²) < 4.78 is 5.92. The number of hydrogen-bond donors (Lipinski definition) is 3. The van der Waals surface area contributed by atoms with Gasteiger partial charge in [-0.15, -0.1) is 0 Å². The van der Waals surface area contributed by atoms with Crippen LogP contribution in [0.2, 0.25) is 5.02 Å². The summed E-state index contributed by atoms with van der Waals surface area (Å²) in [5.41, 5.74) is 2.92. The molecule has 0 bridgehead atoms. The van der Waals surface area contributed by atoms with Crippen molar-refractivity contribution >= 4 is 39.7 Å². The number of ether oxygens (including phenoxy) is 1. The van der Waals surface area contributed by atoms with Crippen LogP contribution in [0.5, 0.6) is 17.2 Å². The number of phenols is 2. The lowest BCUT2D eigenvalue weighted by Crippen LogP contribution is -2.17. The fourth-order valence-corrected chi connectivity index (χ4v) is 2.43. The molecule has 0 spiro atoms. The van der Waals surface area contributed by atoms with Gasteiger partial charge in [-0.1, -0.05) is 27.5 Å². The van der Waals surface area contributed by atoms with Gasteiger partial charge in [0.1, 0.15) is 5.75 Å². The highest BCUT2D eigenvalue weighted by atomic mass is 79.9. The zero-order valence-electron chi connectivity index (χ0n) is 12.6. The number of hydrazone groups is 1. The van der Waals surface area contributed by atoms with Crippen molar-refractivity contribution in [2.24, 2.45) is 5.10 Å². The molecule has 2 rings (SSSR count). The molecule has 0 heterocycles. The van der Waals surface area contributed by atoms with Gasteiger partial charge < -0.3 is 14.9 Å². The molecule has 1 amide bonds. The fraction of sp³-hybridized carbons (Fsp3) is 0.125. The first-order valence-corrected chi connectivity index (χ1v) is 8.06. The number of rotatable bonds is 5. The number of benzene rings is 2. The largest absolute Gasteiger partial charge is 0.507 e. The van der Waals surface area contributed by atoms with Gasteiger partial charge in [-0.2, -0.15) is 5.10 Å².